The second kappa shape index (κ2) is 4.96. The van der Waals surface area contributed by atoms with Gasteiger partial charge in [-0.15, -0.1) is 10.2 Å². The van der Waals surface area contributed by atoms with Crippen molar-refractivity contribution < 1.29 is 0 Å². The predicted molar refractivity (Wildman–Crippen MR) is 78.9 cm³/mol. The van der Waals surface area contributed by atoms with Gasteiger partial charge in [0.25, 0.3) is 0 Å². The number of anilines is 1. The maximum Gasteiger partial charge on any atom is 0.176 e. The van der Waals surface area contributed by atoms with Gasteiger partial charge in [0.2, 0.25) is 0 Å². The van der Waals surface area contributed by atoms with E-state index in [1.54, 1.807) is 12.4 Å². The highest BCUT2D eigenvalue weighted by Gasteiger charge is 2.23. The van der Waals surface area contributed by atoms with E-state index in [9.17, 15) is 0 Å². The van der Waals surface area contributed by atoms with Crippen LogP contribution in [0.5, 0.6) is 0 Å². The first kappa shape index (κ1) is 12.1. The van der Waals surface area contributed by atoms with Crippen molar-refractivity contribution in [3.63, 3.8) is 0 Å². The predicted octanol–water partition coefficient (Wildman–Crippen LogP) is 0.963. The van der Waals surface area contributed by atoms with Crippen molar-refractivity contribution in [2.24, 2.45) is 28.1 Å². The monoisotopic (exact) mass is 267 g/mol. The number of nitrogens with two attached hydrogens (primary N) is 1. The Hall–Kier alpha value is -2.96. The van der Waals surface area contributed by atoms with Crippen molar-refractivity contribution in [1.29, 1.82) is 0 Å². The van der Waals surface area contributed by atoms with E-state index in [4.69, 9.17) is 5.73 Å². The van der Waals surface area contributed by atoms with Crippen LogP contribution in [0.25, 0.3) is 0 Å². The van der Waals surface area contributed by atoms with Crippen LogP contribution in [0.2, 0.25) is 0 Å². The largest absolute Gasteiger partial charge is 0.380 e. The Balaban J connectivity index is 1.89. The molecule has 7 heteroatoms. The van der Waals surface area contributed by atoms with Crippen molar-refractivity contribution >= 4 is 22.9 Å². The van der Waals surface area contributed by atoms with Gasteiger partial charge in [0.1, 0.15) is 5.71 Å². The fourth-order valence-electron chi connectivity index (χ4n) is 1.86. The van der Waals surface area contributed by atoms with E-state index in [-0.39, 0.29) is 5.84 Å². The number of amidine groups is 1. The zero-order valence-corrected chi connectivity index (χ0v) is 10.9. The normalized spacial score (nSPS) is 16.1. The zero-order valence-electron chi connectivity index (χ0n) is 10.9. The molecule has 0 aliphatic carbocycles. The highest BCUT2D eigenvalue weighted by molar-refractivity contribution is 6.72. The first-order valence-corrected chi connectivity index (χ1v) is 6.03. The third kappa shape index (κ3) is 2.16. The summed E-state index contributed by atoms with van der Waals surface area (Å²) in [5.41, 5.74) is 11.6. The number of hydrogen-bond donors (Lipinski definition) is 2. The van der Waals surface area contributed by atoms with Crippen LogP contribution < -0.4 is 11.2 Å². The first-order valence-electron chi connectivity index (χ1n) is 6.03. The van der Waals surface area contributed by atoms with E-state index in [0.29, 0.717) is 11.4 Å². The van der Waals surface area contributed by atoms with E-state index in [0.717, 1.165) is 11.4 Å². The molecule has 0 saturated carbocycles. The van der Waals surface area contributed by atoms with Crippen LogP contribution in [-0.4, -0.2) is 26.8 Å². The Labute approximate surface area is 115 Å². The van der Waals surface area contributed by atoms with Crippen LogP contribution in [0.15, 0.2) is 58.2 Å². The quantitative estimate of drug-likeness (QED) is 0.811. The Morgan fingerprint density at radius 3 is 2.85 bits per heavy atom. The molecule has 0 saturated heterocycles. The van der Waals surface area contributed by atoms with E-state index in [1.165, 1.54) is 0 Å². The van der Waals surface area contributed by atoms with Gasteiger partial charge in [-0.1, -0.05) is 0 Å². The molecule has 1 aliphatic heterocycles. The topological polar surface area (TPSA) is 93.0 Å². The minimum absolute atomic E-state index is 0.289. The van der Waals surface area contributed by atoms with Crippen molar-refractivity contribution in [3.05, 3.63) is 48.5 Å². The second-order valence-electron chi connectivity index (χ2n) is 4.25. The Kier molecular flexibility index (Phi) is 3.00. The third-order valence-corrected chi connectivity index (χ3v) is 2.87. The number of rotatable bonds is 3. The van der Waals surface area contributed by atoms with Gasteiger partial charge < -0.3 is 10.3 Å². The third-order valence-electron chi connectivity index (χ3n) is 2.87. The molecule has 2 aromatic rings. The number of aryl methyl sites for hydroxylation is 1. The summed E-state index contributed by atoms with van der Waals surface area (Å²) in [5, 5.41) is 12.3. The van der Waals surface area contributed by atoms with Gasteiger partial charge in [0, 0.05) is 19.4 Å². The summed E-state index contributed by atoms with van der Waals surface area (Å²) < 4.78 is 1.94. The van der Waals surface area contributed by atoms with Crippen LogP contribution in [0.3, 0.4) is 0 Å². The van der Waals surface area contributed by atoms with E-state index < -0.39 is 0 Å². The van der Waals surface area contributed by atoms with Crippen LogP contribution in [-0.2, 0) is 7.05 Å². The summed E-state index contributed by atoms with van der Waals surface area (Å²) in [7, 11) is 1.93. The van der Waals surface area contributed by atoms with Crippen molar-refractivity contribution in [2.45, 2.75) is 0 Å². The van der Waals surface area contributed by atoms with Crippen molar-refractivity contribution in [2.75, 3.05) is 5.43 Å². The Morgan fingerprint density at radius 2 is 2.15 bits per heavy atom. The van der Waals surface area contributed by atoms with E-state index >= 15 is 0 Å². The molecule has 0 fully saturated rings. The first-order chi connectivity index (χ1) is 9.75. The number of pyridine rings is 1. The number of aromatic nitrogens is 2. The smallest absolute Gasteiger partial charge is 0.176 e. The number of nitrogens with one attached hydrogen (secondary N) is 1. The van der Waals surface area contributed by atoms with Gasteiger partial charge >= 0.3 is 0 Å². The molecule has 0 unspecified atom stereocenters. The highest BCUT2D eigenvalue weighted by Crippen LogP contribution is 2.10. The highest BCUT2D eigenvalue weighted by atomic mass is 15.3. The molecule has 2 aromatic heterocycles. The molecule has 20 heavy (non-hydrogen) atoms. The SMILES string of the molecule is Cn1cccc1C1=NN=C(N)/C1=N/Nc1cccnc1. The molecule has 100 valence electrons. The lowest BCUT2D eigenvalue weighted by Gasteiger charge is -2.05. The van der Waals surface area contributed by atoms with Gasteiger partial charge in [0.15, 0.2) is 11.5 Å². The standard InChI is InChI=1S/C13H13N7/c1-20-7-3-5-10(20)11-12(13(14)19-17-11)18-16-9-4-2-6-15-8-9/h2-8,16H,1H3,(H2,14,18,19). The summed E-state index contributed by atoms with van der Waals surface area (Å²) in [6, 6.07) is 7.55. The lowest BCUT2D eigenvalue weighted by molar-refractivity contribution is 0.915. The summed E-state index contributed by atoms with van der Waals surface area (Å²) in [4.78, 5) is 4.00. The Bertz CT molecular complexity index is 709. The maximum absolute atomic E-state index is 5.83. The minimum Gasteiger partial charge on any atom is -0.380 e. The molecular formula is C13H13N7. The van der Waals surface area contributed by atoms with Gasteiger partial charge in [-0.25, -0.2) is 0 Å². The molecule has 3 heterocycles. The van der Waals surface area contributed by atoms with Gasteiger partial charge in [-0.05, 0) is 24.3 Å². The lowest BCUT2D eigenvalue weighted by atomic mass is 10.1. The fourth-order valence-corrected chi connectivity index (χ4v) is 1.86. The molecule has 0 bridgehead atoms. The van der Waals surface area contributed by atoms with Crippen LogP contribution in [0.1, 0.15) is 5.69 Å². The molecule has 0 spiro atoms. The number of hydrogen-bond acceptors (Lipinski definition) is 6. The van der Waals surface area contributed by atoms with E-state index in [1.807, 2.05) is 42.1 Å². The number of hydrazone groups is 1. The molecule has 3 rings (SSSR count). The van der Waals surface area contributed by atoms with Crippen molar-refractivity contribution in [1.82, 2.24) is 9.55 Å². The Morgan fingerprint density at radius 1 is 1.25 bits per heavy atom. The lowest BCUT2D eigenvalue weighted by Crippen LogP contribution is -2.29. The molecule has 0 radical (unpaired) electrons. The molecule has 1 aliphatic rings. The zero-order chi connectivity index (χ0) is 13.9. The molecular weight excluding hydrogens is 254 g/mol. The van der Waals surface area contributed by atoms with Gasteiger partial charge in [-0.2, -0.15) is 5.10 Å². The number of nitrogens with zero attached hydrogens (tertiary/aromatic N) is 5. The average molecular weight is 267 g/mol. The van der Waals surface area contributed by atoms with Crippen LogP contribution in [0.4, 0.5) is 5.69 Å². The molecule has 0 amide bonds. The van der Waals surface area contributed by atoms with Crippen molar-refractivity contribution in [3.8, 4) is 0 Å². The molecule has 0 aromatic carbocycles. The molecule has 3 N–H and O–H groups in total. The summed E-state index contributed by atoms with van der Waals surface area (Å²) in [5.74, 6) is 0.289. The summed E-state index contributed by atoms with van der Waals surface area (Å²) >= 11 is 0. The average Bonchev–Trinajstić information content (AvgIpc) is 3.04. The summed E-state index contributed by atoms with van der Waals surface area (Å²) in [6.07, 6.45) is 5.30. The minimum atomic E-state index is 0.289. The van der Waals surface area contributed by atoms with Gasteiger partial charge in [-0.3, -0.25) is 10.4 Å². The van der Waals surface area contributed by atoms with Crippen LogP contribution >= 0.6 is 0 Å². The van der Waals surface area contributed by atoms with E-state index in [2.05, 4.69) is 25.7 Å². The van der Waals surface area contributed by atoms with Crippen LogP contribution in [0, 0.1) is 0 Å². The maximum atomic E-state index is 5.83. The van der Waals surface area contributed by atoms with Gasteiger partial charge in [0.05, 0.1) is 17.6 Å². The summed E-state index contributed by atoms with van der Waals surface area (Å²) in [6.45, 7) is 0. The second-order valence-corrected chi connectivity index (χ2v) is 4.25. The fraction of sp³-hybridized carbons (Fsp3) is 0.0769. The molecule has 0 atom stereocenters. The molecule has 7 nitrogen and oxygen atoms in total.